The number of rotatable bonds is 4. The second-order valence-electron chi connectivity index (χ2n) is 5.05. The molecule has 1 amide bonds. The number of benzene rings is 1. The number of hydrogen-bond acceptors (Lipinski definition) is 3. The molecular weight excluding hydrogens is 306 g/mol. The Labute approximate surface area is 132 Å². The maximum Gasteiger partial charge on any atom is 0.249 e. The van der Waals surface area contributed by atoms with Crippen molar-refractivity contribution < 1.29 is 9.53 Å². The van der Waals surface area contributed by atoms with Crippen molar-refractivity contribution in [1.82, 2.24) is 5.32 Å². The van der Waals surface area contributed by atoms with Gasteiger partial charge in [0, 0.05) is 11.6 Å². The van der Waals surface area contributed by atoms with Gasteiger partial charge in [-0.05, 0) is 52.9 Å². The highest BCUT2D eigenvalue weighted by atomic mass is 35.5. The van der Waals surface area contributed by atoms with Gasteiger partial charge >= 0.3 is 0 Å². The summed E-state index contributed by atoms with van der Waals surface area (Å²) in [4.78, 5) is 12.3. The van der Waals surface area contributed by atoms with E-state index in [1.165, 1.54) is 0 Å². The van der Waals surface area contributed by atoms with Gasteiger partial charge in [-0.2, -0.15) is 11.3 Å². The first-order valence-electron chi connectivity index (χ1n) is 6.93. The Balaban J connectivity index is 1.82. The fourth-order valence-electron chi connectivity index (χ4n) is 2.47. The number of nitrogens with one attached hydrogen (secondary N) is 1. The molecule has 5 heteroatoms. The van der Waals surface area contributed by atoms with E-state index in [2.05, 4.69) is 10.7 Å². The van der Waals surface area contributed by atoms with Crippen molar-refractivity contribution in [3.05, 3.63) is 57.2 Å². The van der Waals surface area contributed by atoms with Gasteiger partial charge in [-0.15, -0.1) is 0 Å². The zero-order valence-electron chi connectivity index (χ0n) is 11.4. The van der Waals surface area contributed by atoms with Crippen molar-refractivity contribution in [2.45, 2.75) is 25.0 Å². The quantitative estimate of drug-likeness (QED) is 0.930. The monoisotopic (exact) mass is 321 g/mol. The van der Waals surface area contributed by atoms with Gasteiger partial charge in [-0.25, -0.2) is 0 Å². The number of halogens is 1. The first kappa shape index (κ1) is 14.6. The molecule has 0 unspecified atom stereocenters. The van der Waals surface area contributed by atoms with Gasteiger partial charge in [-0.1, -0.05) is 23.7 Å². The van der Waals surface area contributed by atoms with Crippen molar-refractivity contribution in [3.63, 3.8) is 0 Å². The summed E-state index contributed by atoms with van der Waals surface area (Å²) in [5.74, 6) is -0.0429. The molecule has 1 fully saturated rings. The zero-order valence-corrected chi connectivity index (χ0v) is 13.0. The lowest BCUT2D eigenvalue weighted by atomic mass is 10.0. The van der Waals surface area contributed by atoms with E-state index >= 15 is 0 Å². The molecule has 0 aliphatic carbocycles. The van der Waals surface area contributed by atoms with E-state index in [-0.39, 0.29) is 18.1 Å². The first-order chi connectivity index (χ1) is 10.2. The molecule has 1 aliphatic heterocycles. The van der Waals surface area contributed by atoms with Gasteiger partial charge in [0.2, 0.25) is 5.91 Å². The third-order valence-corrected chi connectivity index (χ3v) is 4.54. The van der Waals surface area contributed by atoms with Crippen molar-refractivity contribution in [3.8, 4) is 0 Å². The maximum absolute atomic E-state index is 12.3. The highest BCUT2D eigenvalue weighted by Crippen LogP contribution is 2.26. The predicted octanol–water partition coefficient (Wildman–Crippen LogP) is 3.79. The summed E-state index contributed by atoms with van der Waals surface area (Å²) >= 11 is 7.56. The number of ether oxygens (including phenoxy) is 1. The molecule has 0 spiro atoms. The highest BCUT2D eigenvalue weighted by molar-refractivity contribution is 7.08. The minimum atomic E-state index is -0.321. The second kappa shape index (κ2) is 6.60. The Morgan fingerprint density at radius 2 is 2.10 bits per heavy atom. The van der Waals surface area contributed by atoms with Crippen molar-refractivity contribution in [2.24, 2.45) is 0 Å². The molecular formula is C16H16ClNO2S. The minimum Gasteiger partial charge on any atom is -0.368 e. The SMILES string of the molecule is O=C(N[C@H](c1ccc(Cl)cc1)c1ccsc1)[C@@H]1CCCO1. The summed E-state index contributed by atoms with van der Waals surface area (Å²) in [5, 5.41) is 7.85. The molecule has 1 N–H and O–H groups in total. The predicted molar refractivity (Wildman–Crippen MR) is 84.7 cm³/mol. The van der Waals surface area contributed by atoms with Crippen LogP contribution in [-0.2, 0) is 9.53 Å². The zero-order chi connectivity index (χ0) is 14.7. The smallest absolute Gasteiger partial charge is 0.249 e. The molecule has 0 saturated carbocycles. The molecule has 3 rings (SSSR count). The highest BCUT2D eigenvalue weighted by Gasteiger charge is 2.26. The molecule has 1 aliphatic rings. The van der Waals surface area contributed by atoms with Crippen molar-refractivity contribution in [2.75, 3.05) is 6.61 Å². The first-order valence-corrected chi connectivity index (χ1v) is 8.25. The van der Waals surface area contributed by atoms with Crippen molar-refractivity contribution >= 4 is 28.8 Å². The van der Waals surface area contributed by atoms with E-state index in [1.807, 2.05) is 35.7 Å². The molecule has 3 nitrogen and oxygen atoms in total. The minimum absolute atomic E-state index is 0.0429. The van der Waals surface area contributed by atoms with Crippen LogP contribution in [0.4, 0.5) is 0 Å². The molecule has 2 atom stereocenters. The van der Waals surface area contributed by atoms with E-state index < -0.39 is 0 Å². The molecule has 0 bridgehead atoms. The molecule has 21 heavy (non-hydrogen) atoms. The van der Waals surface area contributed by atoms with Crippen LogP contribution in [0.2, 0.25) is 5.02 Å². The van der Waals surface area contributed by atoms with Crippen LogP contribution in [0, 0.1) is 0 Å². The Morgan fingerprint density at radius 3 is 2.71 bits per heavy atom. The molecule has 1 saturated heterocycles. The van der Waals surface area contributed by atoms with Crippen LogP contribution in [0.15, 0.2) is 41.1 Å². The van der Waals surface area contributed by atoms with Gasteiger partial charge in [-0.3, -0.25) is 4.79 Å². The maximum atomic E-state index is 12.3. The Hall–Kier alpha value is -1.36. The van der Waals surface area contributed by atoms with E-state index in [1.54, 1.807) is 11.3 Å². The number of carbonyl (C=O) groups is 1. The largest absolute Gasteiger partial charge is 0.368 e. The second-order valence-corrected chi connectivity index (χ2v) is 6.27. The normalized spacial score (nSPS) is 19.4. The van der Waals surface area contributed by atoms with Gasteiger partial charge in [0.15, 0.2) is 0 Å². The van der Waals surface area contributed by atoms with Crippen molar-refractivity contribution in [1.29, 1.82) is 0 Å². The number of hydrogen-bond donors (Lipinski definition) is 1. The summed E-state index contributed by atoms with van der Waals surface area (Å²) in [7, 11) is 0. The fourth-order valence-corrected chi connectivity index (χ4v) is 3.29. The lowest BCUT2D eigenvalue weighted by Gasteiger charge is -2.20. The Bertz CT molecular complexity index is 591. The Kier molecular flexibility index (Phi) is 4.58. The van der Waals surface area contributed by atoms with E-state index in [0.29, 0.717) is 11.6 Å². The summed E-state index contributed by atoms with van der Waals surface area (Å²) in [6.07, 6.45) is 1.42. The summed E-state index contributed by atoms with van der Waals surface area (Å²) in [6, 6.07) is 9.44. The standard InChI is InChI=1S/C16H16ClNO2S/c17-13-5-3-11(4-6-13)15(12-7-9-21-10-12)18-16(19)14-2-1-8-20-14/h3-7,9-10,14-15H,1-2,8H2,(H,18,19)/t14-,15+/m0/s1. The molecule has 1 aromatic carbocycles. The van der Waals surface area contributed by atoms with E-state index in [9.17, 15) is 4.79 Å². The van der Waals surface area contributed by atoms with Crippen LogP contribution >= 0.6 is 22.9 Å². The van der Waals surface area contributed by atoms with Crippen LogP contribution in [0.1, 0.15) is 30.0 Å². The molecule has 110 valence electrons. The van der Waals surface area contributed by atoms with E-state index in [0.717, 1.165) is 24.0 Å². The molecule has 1 aromatic heterocycles. The van der Waals surface area contributed by atoms with Crippen LogP contribution in [0.25, 0.3) is 0 Å². The van der Waals surface area contributed by atoms with Crippen LogP contribution in [-0.4, -0.2) is 18.6 Å². The third kappa shape index (κ3) is 3.46. The molecule has 0 radical (unpaired) electrons. The average Bonchev–Trinajstić information content (AvgIpc) is 3.19. The van der Waals surface area contributed by atoms with Gasteiger partial charge < -0.3 is 10.1 Å². The lowest BCUT2D eigenvalue weighted by Crippen LogP contribution is -2.37. The number of thiophene rings is 1. The number of carbonyl (C=O) groups excluding carboxylic acids is 1. The van der Waals surface area contributed by atoms with E-state index in [4.69, 9.17) is 16.3 Å². The van der Waals surface area contributed by atoms with Crippen LogP contribution in [0.5, 0.6) is 0 Å². The summed E-state index contributed by atoms with van der Waals surface area (Å²) in [5.41, 5.74) is 2.10. The van der Waals surface area contributed by atoms with Gasteiger partial charge in [0.05, 0.1) is 6.04 Å². The van der Waals surface area contributed by atoms with Crippen LogP contribution in [0.3, 0.4) is 0 Å². The van der Waals surface area contributed by atoms with Gasteiger partial charge in [0.25, 0.3) is 0 Å². The van der Waals surface area contributed by atoms with Gasteiger partial charge in [0.1, 0.15) is 6.10 Å². The molecule has 2 heterocycles. The fraction of sp³-hybridized carbons (Fsp3) is 0.312. The van der Waals surface area contributed by atoms with Crippen LogP contribution < -0.4 is 5.32 Å². The summed E-state index contributed by atoms with van der Waals surface area (Å²) in [6.45, 7) is 0.669. The molecule has 2 aromatic rings. The average molecular weight is 322 g/mol. The summed E-state index contributed by atoms with van der Waals surface area (Å²) < 4.78 is 5.46. The Morgan fingerprint density at radius 1 is 1.29 bits per heavy atom. The number of amides is 1. The topological polar surface area (TPSA) is 38.3 Å². The third-order valence-electron chi connectivity index (χ3n) is 3.59. The lowest BCUT2D eigenvalue weighted by molar-refractivity contribution is -0.130.